The molecule has 0 saturated carbocycles. The quantitative estimate of drug-likeness (QED) is 0.861. The minimum Gasteiger partial charge on any atom is -0.495 e. The van der Waals surface area contributed by atoms with Gasteiger partial charge in [0, 0.05) is 18.0 Å². The van der Waals surface area contributed by atoms with Gasteiger partial charge in [0.05, 0.1) is 38.8 Å². The Morgan fingerprint density at radius 2 is 2.08 bits per heavy atom. The molecule has 3 rings (SSSR count). The number of nitrogens with zero attached hydrogens (tertiary/aromatic N) is 3. The molecular weight excluding hydrogens is 360 g/mol. The van der Waals surface area contributed by atoms with Crippen LogP contribution in [0.3, 0.4) is 0 Å². The number of halogens is 1. The number of rotatable bonds is 5. The average Bonchev–Trinajstić information content (AvgIpc) is 3.11. The Kier molecular flexibility index (Phi) is 5.62. The number of benzene rings is 1. The Labute approximate surface area is 156 Å². The van der Waals surface area contributed by atoms with Crippen molar-refractivity contribution in [3.8, 4) is 17.5 Å². The predicted molar refractivity (Wildman–Crippen MR) is 96.2 cm³/mol. The van der Waals surface area contributed by atoms with Gasteiger partial charge in [-0.05, 0) is 18.2 Å². The van der Waals surface area contributed by atoms with Crippen molar-refractivity contribution in [1.82, 2.24) is 14.9 Å². The number of likely N-dealkylation sites (tertiary alicyclic amines) is 1. The molecule has 1 aromatic carbocycles. The van der Waals surface area contributed by atoms with Crippen LogP contribution in [0.15, 0.2) is 30.6 Å². The molecule has 0 bridgehead atoms. The summed E-state index contributed by atoms with van der Waals surface area (Å²) in [6.45, 7) is 1.00. The van der Waals surface area contributed by atoms with E-state index in [9.17, 15) is 4.79 Å². The third-order valence-electron chi connectivity index (χ3n) is 3.92. The molecule has 8 nitrogen and oxygen atoms in total. The van der Waals surface area contributed by atoms with Crippen molar-refractivity contribution in [3.05, 3.63) is 35.6 Å². The monoisotopic (exact) mass is 378 g/mol. The van der Waals surface area contributed by atoms with Gasteiger partial charge in [-0.2, -0.15) is 4.98 Å². The summed E-state index contributed by atoms with van der Waals surface area (Å²) in [4.78, 5) is 22.3. The molecule has 1 aliphatic heterocycles. The number of aromatic nitrogens is 2. The SMILES string of the molecule is COc1cncc(OC2CCN(C(=O)Nc3cc(Cl)ccc3OC)C2)n1. The highest BCUT2D eigenvalue weighted by atomic mass is 35.5. The molecule has 2 heterocycles. The molecule has 0 spiro atoms. The Morgan fingerprint density at radius 1 is 1.27 bits per heavy atom. The Morgan fingerprint density at radius 3 is 2.85 bits per heavy atom. The molecule has 1 N–H and O–H groups in total. The van der Waals surface area contributed by atoms with Crippen LogP contribution in [0.2, 0.25) is 5.02 Å². The van der Waals surface area contributed by atoms with Crippen LogP contribution < -0.4 is 19.5 Å². The largest absolute Gasteiger partial charge is 0.495 e. The van der Waals surface area contributed by atoms with Crippen LogP contribution in [0, 0.1) is 0 Å². The second-order valence-electron chi connectivity index (χ2n) is 5.65. The molecule has 1 unspecified atom stereocenters. The maximum Gasteiger partial charge on any atom is 0.322 e. The van der Waals surface area contributed by atoms with Crippen LogP contribution in [0.25, 0.3) is 0 Å². The van der Waals surface area contributed by atoms with Crippen molar-refractivity contribution in [2.75, 3.05) is 32.6 Å². The van der Waals surface area contributed by atoms with Gasteiger partial charge in [0.25, 0.3) is 0 Å². The second kappa shape index (κ2) is 8.09. The minimum atomic E-state index is -0.242. The predicted octanol–water partition coefficient (Wildman–Crippen LogP) is 2.83. The number of anilines is 1. The number of hydrogen-bond acceptors (Lipinski definition) is 6. The topological polar surface area (TPSA) is 85.8 Å². The molecule has 1 atom stereocenters. The van der Waals surface area contributed by atoms with Crippen LogP contribution in [-0.4, -0.2) is 54.3 Å². The van der Waals surface area contributed by atoms with Gasteiger partial charge >= 0.3 is 6.03 Å². The van der Waals surface area contributed by atoms with Gasteiger partial charge in [-0.1, -0.05) is 11.6 Å². The lowest BCUT2D eigenvalue weighted by molar-refractivity contribution is 0.188. The van der Waals surface area contributed by atoms with Crippen LogP contribution in [0.4, 0.5) is 10.5 Å². The second-order valence-corrected chi connectivity index (χ2v) is 6.09. The van der Waals surface area contributed by atoms with Gasteiger partial charge in [0.1, 0.15) is 11.9 Å². The zero-order chi connectivity index (χ0) is 18.5. The zero-order valence-electron chi connectivity index (χ0n) is 14.4. The van der Waals surface area contributed by atoms with E-state index in [2.05, 4.69) is 15.3 Å². The van der Waals surface area contributed by atoms with E-state index >= 15 is 0 Å². The number of amides is 2. The van der Waals surface area contributed by atoms with Gasteiger partial charge in [-0.15, -0.1) is 0 Å². The number of ether oxygens (including phenoxy) is 3. The zero-order valence-corrected chi connectivity index (χ0v) is 15.2. The van der Waals surface area contributed by atoms with E-state index in [4.69, 9.17) is 25.8 Å². The summed E-state index contributed by atoms with van der Waals surface area (Å²) in [5.74, 6) is 1.29. The average molecular weight is 379 g/mol. The number of nitrogens with one attached hydrogen (secondary N) is 1. The van der Waals surface area contributed by atoms with Crippen LogP contribution in [0.5, 0.6) is 17.5 Å². The molecule has 0 radical (unpaired) electrons. The van der Waals surface area contributed by atoms with Gasteiger partial charge in [-0.25, -0.2) is 4.79 Å². The number of methoxy groups -OCH3 is 2. The van der Waals surface area contributed by atoms with Crippen molar-refractivity contribution >= 4 is 23.3 Å². The Balaban J connectivity index is 1.59. The molecule has 1 aliphatic rings. The molecule has 2 amide bonds. The summed E-state index contributed by atoms with van der Waals surface area (Å²) in [7, 11) is 3.05. The highest BCUT2D eigenvalue weighted by Gasteiger charge is 2.28. The van der Waals surface area contributed by atoms with E-state index in [1.165, 1.54) is 26.6 Å². The van der Waals surface area contributed by atoms with Crippen LogP contribution in [0.1, 0.15) is 6.42 Å². The highest BCUT2D eigenvalue weighted by molar-refractivity contribution is 6.31. The fourth-order valence-electron chi connectivity index (χ4n) is 2.64. The highest BCUT2D eigenvalue weighted by Crippen LogP contribution is 2.28. The number of urea groups is 1. The molecule has 9 heteroatoms. The lowest BCUT2D eigenvalue weighted by Gasteiger charge is -2.19. The number of hydrogen-bond donors (Lipinski definition) is 1. The maximum atomic E-state index is 12.5. The van der Waals surface area contributed by atoms with Gasteiger partial charge in [0.15, 0.2) is 0 Å². The molecule has 1 saturated heterocycles. The normalized spacial score (nSPS) is 16.3. The maximum absolute atomic E-state index is 12.5. The summed E-state index contributed by atoms with van der Waals surface area (Å²) in [5, 5.41) is 3.34. The van der Waals surface area contributed by atoms with E-state index < -0.39 is 0 Å². The lowest BCUT2D eigenvalue weighted by Crippen LogP contribution is -2.34. The van der Waals surface area contributed by atoms with E-state index in [-0.39, 0.29) is 12.1 Å². The van der Waals surface area contributed by atoms with E-state index in [1.807, 2.05) is 0 Å². The minimum absolute atomic E-state index is 0.164. The lowest BCUT2D eigenvalue weighted by atomic mass is 10.3. The van der Waals surface area contributed by atoms with Crippen LogP contribution in [-0.2, 0) is 0 Å². The first-order valence-electron chi connectivity index (χ1n) is 8.01. The van der Waals surface area contributed by atoms with E-state index in [0.717, 1.165) is 0 Å². The van der Waals surface area contributed by atoms with Crippen molar-refractivity contribution in [1.29, 1.82) is 0 Å². The third-order valence-corrected chi connectivity index (χ3v) is 4.16. The molecule has 1 fully saturated rings. The molecular formula is C17H19ClN4O4. The molecule has 138 valence electrons. The number of carbonyl (C=O) groups excluding carboxylic acids is 1. The third kappa shape index (κ3) is 4.26. The summed E-state index contributed by atoms with van der Waals surface area (Å²) in [5.41, 5.74) is 0.521. The van der Waals surface area contributed by atoms with Crippen molar-refractivity contribution in [3.63, 3.8) is 0 Å². The van der Waals surface area contributed by atoms with Gasteiger partial charge in [0.2, 0.25) is 11.8 Å². The fourth-order valence-corrected chi connectivity index (χ4v) is 2.81. The van der Waals surface area contributed by atoms with Crippen molar-refractivity contribution in [2.45, 2.75) is 12.5 Å². The van der Waals surface area contributed by atoms with Crippen molar-refractivity contribution < 1.29 is 19.0 Å². The fraction of sp³-hybridized carbons (Fsp3) is 0.353. The first kappa shape index (κ1) is 18.1. The summed E-state index contributed by atoms with van der Waals surface area (Å²) >= 11 is 5.99. The van der Waals surface area contributed by atoms with Gasteiger partial charge < -0.3 is 24.4 Å². The molecule has 1 aromatic heterocycles. The molecule has 2 aromatic rings. The van der Waals surface area contributed by atoms with Crippen LogP contribution >= 0.6 is 11.6 Å². The smallest absolute Gasteiger partial charge is 0.322 e. The summed E-state index contributed by atoms with van der Waals surface area (Å²) < 4.78 is 16.1. The van der Waals surface area contributed by atoms with E-state index in [0.29, 0.717) is 47.7 Å². The van der Waals surface area contributed by atoms with Crippen molar-refractivity contribution in [2.24, 2.45) is 0 Å². The first-order valence-corrected chi connectivity index (χ1v) is 8.39. The van der Waals surface area contributed by atoms with E-state index in [1.54, 1.807) is 23.1 Å². The molecule has 26 heavy (non-hydrogen) atoms. The summed E-state index contributed by atoms with van der Waals surface area (Å²) in [6.07, 6.45) is 3.55. The first-order chi connectivity index (χ1) is 12.6. The van der Waals surface area contributed by atoms with Gasteiger partial charge in [-0.3, -0.25) is 4.98 Å². The Bertz CT molecular complexity index is 789. The summed E-state index contributed by atoms with van der Waals surface area (Å²) in [6, 6.07) is 4.81. The Hall–Kier alpha value is -2.74. The number of carbonyl (C=O) groups is 1. The molecule has 0 aliphatic carbocycles. The standard InChI is InChI=1S/C17H19ClN4O4/c1-24-14-4-3-11(18)7-13(14)20-17(23)22-6-5-12(10-22)26-16-9-19-8-15(21-16)25-2/h3-4,7-9,12H,5-6,10H2,1-2H3,(H,20,23).